The first-order valence-corrected chi connectivity index (χ1v) is 6.26. The molecule has 0 saturated heterocycles. The van der Waals surface area contributed by atoms with Gasteiger partial charge in [-0.1, -0.05) is 0 Å². The number of ether oxygens (including phenoxy) is 1. The molecule has 0 aliphatic rings. The minimum atomic E-state index is -5.74. The van der Waals surface area contributed by atoms with Gasteiger partial charge >= 0.3 is 15.5 Å². The Morgan fingerprint density at radius 1 is 0.636 bits per heavy atom. The lowest BCUT2D eigenvalue weighted by Crippen LogP contribution is -2.53. The second-order valence-electron chi connectivity index (χ2n) is 3.59. The number of hydrogen-bond donors (Lipinski definition) is 0. The Morgan fingerprint density at radius 2 is 0.955 bits per heavy atom. The summed E-state index contributed by atoms with van der Waals surface area (Å²) < 4.78 is 128. The quantitative estimate of drug-likeness (QED) is 0.246. The Hall–Kier alpha value is -0.720. The minimum Gasteiger partial charge on any atom is -0.423 e. The molecule has 1 aromatic rings. The predicted octanol–water partition coefficient (Wildman–Crippen LogP) is 5.40. The van der Waals surface area contributed by atoms with Gasteiger partial charge in [0.2, 0.25) is 34.8 Å². The highest BCUT2D eigenvalue weighted by Gasteiger charge is 2.70. The van der Waals surface area contributed by atoms with Crippen molar-refractivity contribution in [3.05, 3.63) is 29.1 Å². The molecule has 0 saturated carbocycles. The van der Waals surface area contributed by atoms with Gasteiger partial charge in [-0.25, -0.2) is 17.6 Å². The zero-order valence-corrected chi connectivity index (χ0v) is 12.6. The lowest BCUT2D eigenvalue weighted by atomic mass is 10.2. The first-order valence-electron chi connectivity index (χ1n) is 4.68. The number of rotatable bonds is 4. The maximum Gasteiger partial charge on any atom is 0.451 e. The van der Waals surface area contributed by atoms with Crippen molar-refractivity contribution in [3.8, 4) is 5.75 Å². The van der Waals surface area contributed by atoms with E-state index in [9.17, 15) is 43.9 Å². The largest absolute Gasteiger partial charge is 0.451 e. The Kier molecular flexibility index (Phi) is 5.03. The highest BCUT2D eigenvalue weighted by Crippen LogP contribution is 2.52. The average molecular weight is 474 g/mol. The fraction of sp³-hybridized carbons (Fsp3) is 0.333. The van der Waals surface area contributed by atoms with Gasteiger partial charge in [0, 0.05) is 0 Å². The smallest absolute Gasteiger partial charge is 0.423 e. The summed E-state index contributed by atoms with van der Waals surface area (Å²) in [4.78, 5) is -5.03. The van der Waals surface area contributed by atoms with Gasteiger partial charge in [0.1, 0.15) is 0 Å². The number of hydrogen-bond acceptors (Lipinski definition) is 1. The fourth-order valence-corrected chi connectivity index (χ4v) is 1.34. The van der Waals surface area contributed by atoms with Crippen LogP contribution < -0.4 is 4.74 Å². The van der Waals surface area contributed by atoms with Crippen molar-refractivity contribution in [1.82, 2.24) is 0 Å². The summed E-state index contributed by atoms with van der Waals surface area (Å²) >= 11 is 2.45. The molecule has 0 spiro atoms. The first-order chi connectivity index (χ1) is 9.65. The van der Waals surface area contributed by atoms with Crippen LogP contribution in [0.5, 0.6) is 5.75 Å². The van der Waals surface area contributed by atoms with E-state index in [1.165, 1.54) is 31.9 Å². The summed E-state index contributed by atoms with van der Waals surface area (Å²) in [6, 6.07) is 0. The molecule has 0 fully saturated rings. The molecule has 1 unspecified atom stereocenters. The Morgan fingerprint density at radius 3 is 1.27 bits per heavy atom. The Balaban J connectivity index is 3.43. The van der Waals surface area contributed by atoms with Crippen LogP contribution in [-0.2, 0) is 0 Å². The third kappa shape index (κ3) is 3.01. The van der Waals surface area contributed by atoms with Crippen LogP contribution in [-0.4, -0.2) is 15.5 Å². The number of alkyl halides is 7. The van der Waals surface area contributed by atoms with E-state index in [4.69, 9.17) is 0 Å². The lowest BCUT2D eigenvalue weighted by Gasteiger charge is -2.31. The average Bonchev–Trinajstić information content (AvgIpc) is 2.37. The van der Waals surface area contributed by atoms with Gasteiger partial charge in [-0.3, -0.25) is 0 Å². The minimum absolute atomic E-state index is 1.22. The number of benzene rings is 1. The van der Waals surface area contributed by atoms with Gasteiger partial charge in [0.05, 0.1) is 0 Å². The van der Waals surface area contributed by atoms with Crippen LogP contribution in [0.15, 0.2) is 0 Å². The zero-order valence-electron chi connectivity index (χ0n) is 9.44. The van der Waals surface area contributed by atoms with Crippen LogP contribution in [0.2, 0.25) is 0 Å². The molecule has 0 aliphatic carbocycles. The Bertz CT molecular complexity index is 568. The molecule has 0 amide bonds. The molecule has 13 heteroatoms. The summed E-state index contributed by atoms with van der Waals surface area (Å²) in [5, 5.41) is 0. The van der Waals surface area contributed by atoms with E-state index < -0.39 is 50.4 Å². The molecular weight excluding hydrogens is 474 g/mol. The summed E-state index contributed by atoms with van der Waals surface area (Å²) in [6.45, 7) is 0. The zero-order chi connectivity index (χ0) is 17.7. The fourth-order valence-electron chi connectivity index (χ4n) is 1.03. The summed E-state index contributed by atoms with van der Waals surface area (Å²) in [7, 11) is 0. The molecule has 0 aromatic heterocycles. The predicted molar refractivity (Wildman–Crippen MR) is 58.4 cm³/mol. The van der Waals surface area contributed by atoms with E-state index in [1.807, 2.05) is 0 Å². The second-order valence-corrected chi connectivity index (χ2v) is 5.68. The van der Waals surface area contributed by atoms with Crippen molar-refractivity contribution in [3.63, 3.8) is 0 Å². The summed E-state index contributed by atoms with van der Waals surface area (Å²) in [6.07, 6.45) is -5.74. The molecule has 1 nitrogen and oxygen atoms in total. The van der Waals surface area contributed by atoms with Crippen molar-refractivity contribution in [2.24, 2.45) is 0 Å². The van der Waals surface area contributed by atoms with Gasteiger partial charge in [0.15, 0.2) is 0 Å². The van der Waals surface area contributed by atoms with Crippen LogP contribution in [0.25, 0.3) is 0 Å². The third-order valence-electron chi connectivity index (χ3n) is 2.12. The molecule has 0 aliphatic heterocycles. The van der Waals surface area contributed by atoms with E-state index in [1.54, 1.807) is 0 Å². The molecule has 0 radical (unpaired) electrons. The van der Waals surface area contributed by atoms with Crippen molar-refractivity contribution < 1.29 is 48.6 Å². The Labute approximate surface area is 131 Å². The van der Waals surface area contributed by atoms with Crippen molar-refractivity contribution in [2.75, 3.05) is 0 Å². The van der Waals surface area contributed by atoms with Gasteiger partial charge in [0.25, 0.3) is 0 Å². The van der Waals surface area contributed by atoms with Crippen LogP contribution in [0.4, 0.5) is 43.9 Å². The van der Waals surface area contributed by atoms with Crippen molar-refractivity contribution >= 4 is 31.9 Å². The van der Waals surface area contributed by atoms with Crippen molar-refractivity contribution in [2.45, 2.75) is 15.5 Å². The van der Waals surface area contributed by atoms with E-state index >= 15 is 0 Å². The highest BCUT2D eigenvalue weighted by molar-refractivity contribution is 9.12. The van der Waals surface area contributed by atoms with Gasteiger partial charge in [-0.2, -0.15) is 26.3 Å². The SMILES string of the molecule is Fc1c(F)c(F)c(OC(F)(F)C(F)(Br)C(F)(F)Br)c(F)c1F. The third-order valence-corrected chi connectivity index (χ3v) is 4.16. The second kappa shape index (κ2) is 5.73. The topological polar surface area (TPSA) is 9.23 Å². The normalized spacial score (nSPS) is 15.6. The highest BCUT2D eigenvalue weighted by atomic mass is 79.9. The van der Waals surface area contributed by atoms with Gasteiger partial charge in [-0.05, 0) is 31.9 Å². The molecule has 22 heavy (non-hydrogen) atoms. The molecule has 1 atom stereocenters. The van der Waals surface area contributed by atoms with Crippen LogP contribution in [0.1, 0.15) is 0 Å². The van der Waals surface area contributed by atoms with E-state index in [-0.39, 0.29) is 0 Å². The molecule has 1 rings (SSSR count). The molecule has 0 N–H and O–H groups in total. The molecular formula is C9Br2F10O. The maximum atomic E-state index is 13.3. The molecule has 126 valence electrons. The summed E-state index contributed by atoms with van der Waals surface area (Å²) in [5.74, 6) is -16.5. The van der Waals surface area contributed by atoms with Gasteiger partial charge in [-0.15, -0.1) is 0 Å². The standard InChI is InChI=1S/C9Br2F10O/c10-7(17,8(11,18)19)9(20,21)22-6-4(15)2(13)1(12)3(14)5(6)16. The van der Waals surface area contributed by atoms with Crippen molar-refractivity contribution in [1.29, 1.82) is 0 Å². The molecule has 0 bridgehead atoms. The monoisotopic (exact) mass is 472 g/mol. The molecule has 0 heterocycles. The maximum absolute atomic E-state index is 13.3. The van der Waals surface area contributed by atoms with Crippen LogP contribution >= 0.6 is 31.9 Å². The van der Waals surface area contributed by atoms with E-state index in [0.717, 1.165) is 0 Å². The van der Waals surface area contributed by atoms with Crippen LogP contribution in [0, 0.1) is 29.1 Å². The van der Waals surface area contributed by atoms with E-state index in [2.05, 4.69) is 4.74 Å². The number of halogens is 12. The molecule has 1 aromatic carbocycles. The van der Waals surface area contributed by atoms with Crippen LogP contribution in [0.3, 0.4) is 0 Å². The summed E-state index contributed by atoms with van der Waals surface area (Å²) in [5.41, 5.74) is 0. The first kappa shape index (κ1) is 19.3. The van der Waals surface area contributed by atoms with E-state index in [0.29, 0.717) is 0 Å². The lowest BCUT2D eigenvalue weighted by molar-refractivity contribution is -0.264. The van der Waals surface area contributed by atoms with Gasteiger partial charge < -0.3 is 4.74 Å².